The van der Waals surface area contributed by atoms with Crippen LogP contribution in [0.4, 0.5) is 0 Å². The third-order valence-electron chi connectivity index (χ3n) is 10.5. The molecule has 0 fully saturated rings. The molecule has 0 rings (SSSR count). The Kier molecular flexibility index (Phi) is 44.4. The van der Waals surface area contributed by atoms with Crippen molar-refractivity contribution >= 4 is 19.8 Å². The molecule has 0 heterocycles. The number of phosphoric acid groups is 1. The van der Waals surface area contributed by atoms with E-state index in [1.807, 2.05) is 0 Å². The van der Waals surface area contributed by atoms with Gasteiger partial charge in [-0.15, -0.1) is 0 Å². The van der Waals surface area contributed by atoms with E-state index in [9.17, 15) is 24.2 Å². The lowest BCUT2D eigenvalue weighted by Crippen LogP contribution is -2.29. The third kappa shape index (κ3) is 45.8. The number of carbonyl (C=O) groups excluding carboxylic acids is 2. The van der Waals surface area contributed by atoms with Gasteiger partial charge in [-0.25, -0.2) is 4.57 Å². The lowest BCUT2D eigenvalue weighted by atomic mass is 10.0. The lowest BCUT2D eigenvalue weighted by molar-refractivity contribution is -0.161. The number of aliphatic hydroxyl groups excluding tert-OH is 2. The molecule has 0 saturated carbocycles. The summed E-state index contributed by atoms with van der Waals surface area (Å²) in [5.74, 6) is -0.989. The van der Waals surface area contributed by atoms with Gasteiger partial charge in [-0.3, -0.25) is 18.6 Å². The van der Waals surface area contributed by atoms with Crippen LogP contribution in [0.2, 0.25) is 0 Å². The van der Waals surface area contributed by atoms with E-state index in [2.05, 4.69) is 62.5 Å². The van der Waals surface area contributed by atoms with Crippen molar-refractivity contribution in [3.05, 3.63) is 48.6 Å². The van der Waals surface area contributed by atoms with Crippen LogP contribution in [0, 0.1) is 0 Å². The minimum Gasteiger partial charge on any atom is -0.462 e. The summed E-state index contributed by atoms with van der Waals surface area (Å²) in [4.78, 5) is 35.1. The summed E-state index contributed by atoms with van der Waals surface area (Å²) in [6.45, 7) is 2.32. The lowest BCUT2D eigenvalue weighted by Gasteiger charge is -2.20. The first-order valence-electron chi connectivity index (χ1n) is 24.6. The van der Waals surface area contributed by atoms with E-state index < -0.39 is 51.8 Å². The summed E-state index contributed by atoms with van der Waals surface area (Å²) in [5.41, 5.74) is 0. The molecule has 1 unspecified atom stereocenters. The first-order valence-corrected chi connectivity index (χ1v) is 26.1. The number of hydrogen-bond donors (Lipinski definition) is 3. The number of allylic oxidation sites excluding steroid dienone is 8. The summed E-state index contributed by atoms with van der Waals surface area (Å²) in [6, 6.07) is 0. The van der Waals surface area contributed by atoms with Gasteiger partial charge >= 0.3 is 19.8 Å². The fourth-order valence-corrected chi connectivity index (χ4v) is 7.44. The van der Waals surface area contributed by atoms with Crippen molar-refractivity contribution in [2.24, 2.45) is 0 Å². The number of carbonyl (C=O) groups is 2. The molecular formula is C50H91O10P. The number of phosphoric ester groups is 1. The van der Waals surface area contributed by atoms with E-state index in [4.69, 9.17) is 23.6 Å². The van der Waals surface area contributed by atoms with Crippen LogP contribution in [0.5, 0.6) is 0 Å². The van der Waals surface area contributed by atoms with Gasteiger partial charge in [0.15, 0.2) is 6.10 Å². The number of esters is 2. The molecule has 0 radical (unpaired) electrons. The molecule has 0 amide bonds. The topological polar surface area (TPSA) is 149 Å². The average molecular weight is 883 g/mol. The molecule has 356 valence electrons. The van der Waals surface area contributed by atoms with Crippen LogP contribution < -0.4 is 0 Å². The van der Waals surface area contributed by atoms with E-state index in [1.165, 1.54) is 116 Å². The molecule has 61 heavy (non-hydrogen) atoms. The fourth-order valence-electron chi connectivity index (χ4n) is 6.65. The first kappa shape index (κ1) is 58.9. The van der Waals surface area contributed by atoms with Crippen molar-refractivity contribution in [3.8, 4) is 0 Å². The zero-order chi connectivity index (χ0) is 44.8. The minimum absolute atomic E-state index is 0.158. The molecule has 10 nitrogen and oxygen atoms in total. The molecule has 0 aliphatic rings. The van der Waals surface area contributed by atoms with Crippen LogP contribution in [0.25, 0.3) is 0 Å². The molecule has 0 bridgehead atoms. The normalized spacial score (nSPS) is 14.1. The summed E-state index contributed by atoms with van der Waals surface area (Å²) in [5, 5.41) is 18.4. The van der Waals surface area contributed by atoms with Gasteiger partial charge in [-0.2, -0.15) is 0 Å². The van der Waals surface area contributed by atoms with Crippen molar-refractivity contribution in [3.63, 3.8) is 0 Å². The summed E-state index contributed by atoms with van der Waals surface area (Å²) < 4.78 is 32.7. The number of aliphatic hydroxyl groups is 2. The Bertz CT molecular complexity index is 1150. The predicted molar refractivity (Wildman–Crippen MR) is 251 cm³/mol. The number of ether oxygens (including phenoxy) is 2. The molecule has 3 N–H and O–H groups in total. The Morgan fingerprint density at radius 2 is 0.885 bits per heavy atom. The molecule has 0 aliphatic carbocycles. The molecule has 0 aliphatic heterocycles. The minimum atomic E-state index is -4.63. The van der Waals surface area contributed by atoms with Gasteiger partial charge in [-0.05, 0) is 70.6 Å². The van der Waals surface area contributed by atoms with Crippen LogP contribution >= 0.6 is 7.82 Å². The maximum absolute atomic E-state index is 12.6. The largest absolute Gasteiger partial charge is 0.472 e. The first-order chi connectivity index (χ1) is 29.7. The Morgan fingerprint density at radius 3 is 1.39 bits per heavy atom. The monoisotopic (exact) mass is 883 g/mol. The highest BCUT2D eigenvalue weighted by Gasteiger charge is 2.27. The van der Waals surface area contributed by atoms with Gasteiger partial charge in [0.25, 0.3) is 0 Å². The van der Waals surface area contributed by atoms with Crippen molar-refractivity contribution in [1.29, 1.82) is 0 Å². The zero-order valence-corrected chi connectivity index (χ0v) is 39.8. The molecule has 0 aromatic rings. The molecule has 3 atom stereocenters. The number of rotatable bonds is 46. The van der Waals surface area contributed by atoms with Crippen LogP contribution in [0.3, 0.4) is 0 Å². The van der Waals surface area contributed by atoms with E-state index in [0.29, 0.717) is 12.8 Å². The van der Waals surface area contributed by atoms with Crippen LogP contribution in [-0.4, -0.2) is 65.7 Å². The SMILES string of the molecule is CCCCCC/C=C/C=C/CCCCCCCC(=O)O[C@@H](COC(=O)CCC/C=C/CC/C=C/CCCCCCCCCCCCCCCC)COP(=O)(O)OC[C@H](O)CO. The number of hydrogen-bond acceptors (Lipinski definition) is 9. The second kappa shape index (κ2) is 45.9. The smallest absolute Gasteiger partial charge is 0.462 e. The van der Waals surface area contributed by atoms with E-state index in [0.717, 1.165) is 64.2 Å². The van der Waals surface area contributed by atoms with E-state index >= 15 is 0 Å². The van der Waals surface area contributed by atoms with Crippen LogP contribution in [0.15, 0.2) is 48.6 Å². The van der Waals surface area contributed by atoms with Crippen molar-refractivity contribution < 1.29 is 47.8 Å². The summed E-state index contributed by atoms with van der Waals surface area (Å²) >= 11 is 0. The fraction of sp³-hybridized carbons (Fsp3) is 0.800. The Balaban J connectivity index is 4.25. The second-order valence-corrected chi connectivity index (χ2v) is 18.0. The number of unbranched alkanes of at least 4 members (excludes halogenated alkanes) is 25. The molecule has 0 saturated heterocycles. The molecule has 0 spiro atoms. The van der Waals surface area contributed by atoms with E-state index in [-0.39, 0.29) is 19.4 Å². The molecule has 0 aromatic carbocycles. The zero-order valence-electron chi connectivity index (χ0n) is 38.9. The highest BCUT2D eigenvalue weighted by molar-refractivity contribution is 7.47. The molecule has 0 aromatic heterocycles. The van der Waals surface area contributed by atoms with Gasteiger partial charge in [0.05, 0.1) is 19.8 Å². The van der Waals surface area contributed by atoms with Crippen molar-refractivity contribution in [1.82, 2.24) is 0 Å². The quantitative estimate of drug-likeness (QED) is 0.0177. The van der Waals surface area contributed by atoms with Crippen LogP contribution in [-0.2, 0) is 32.7 Å². The van der Waals surface area contributed by atoms with Gasteiger partial charge in [-0.1, -0.05) is 184 Å². The van der Waals surface area contributed by atoms with Crippen molar-refractivity contribution in [2.75, 3.05) is 26.4 Å². The molecular weight excluding hydrogens is 792 g/mol. The van der Waals surface area contributed by atoms with Gasteiger partial charge < -0.3 is 24.6 Å². The standard InChI is InChI=1S/C50H91O10P/c1-3-5-7-9-11-13-15-17-19-20-21-22-23-24-25-26-28-29-31-33-35-37-39-41-49(53)57-45-48(46-59-61(55,56)58-44-47(52)43-51)60-50(54)42-40-38-36-34-32-30-27-18-16-14-12-10-8-6-4-2/h14,16,18,26-28,33,35,47-48,51-52H,3-13,15,17,19-25,29-32,34,36-46H2,1-2H3,(H,55,56)/b16-14+,27-18+,28-26+,35-33+/t47-,48+/m1/s1. The van der Waals surface area contributed by atoms with Crippen LogP contribution in [0.1, 0.15) is 219 Å². The Morgan fingerprint density at radius 1 is 0.492 bits per heavy atom. The van der Waals surface area contributed by atoms with E-state index in [1.54, 1.807) is 0 Å². The maximum Gasteiger partial charge on any atom is 0.472 e. The predicted octanol–water partition coefficient (Wildman–Crippen LogP) is 13.7. The van der Waals surface area contributed by atoms with Gasteiger partial charge in [0.1, 0.15) is 12.7 Å². The Labute approximate surface area is 373 Å². The Hall–Kier alpha value is -2.07. The summed E-state index contributed by atoms with van der Waals surface area (Å²) in [6.07, 6.45) is 51.0. The average Bonchev–Trinajstić information content (AvgIpc) is 3.25. The highest BCUT2D eigenvalue weighted by atomic mass is 31.2. The van der Waals surface area contributed by atoms with Gasteiger partial charge in [0.2, 0.25) is 0 Å². The third-order valence-corrected chi connectivity index (χ3v) is 11.4. The highest BCUT2D eigenvalue weighted by Crippen LogP contribution is 2.43. The van der Waals surface area contributed by atoms with Crippen molar-refractivity contribution in [2.45, 2.75) is 232 Å². The van der Waals surface area contributed by atoms with Gasteiger partial charge in [0, 0.05) is 12.8 Å². The molecule has 11 heteroatoms. The summed E-state index contributed by atoms with van der Waals surface area (Å²) in [7, 11) is -4.63. The second-order valence-electron chi connectivity index (χ2n) is 16.5. The maximum atomic E-state index is 12.6.